The maximum Gasteiger partial charge on any atom is 0.243 e. The van der Waals surface area contributed by atoms with Gasteiger partial charge in [-0.15, -0.1) is 11.8 Å². The Morgan fingerprint density at radius 1 is 0.944 bits per heavy atom. The van der Waals surface area contributed by atoms with Gasteiger partial charge in [0.1, 0.15) is 11.9 Å². The number of benzene rings is 3. The largest absolute Gasteiger partial charge is 0.355 e. The van der Waals surface area contributed by atoms with Gasteiger partial charge in [0.05, 0.1) is 15.8 Å². The van der Waals surface area contributed by atoms with Crippen molar-refractivity contribution in [3.63, 3.8) is 0 Å². The van der Waals surface area contributed by atoms with Crippen LogP contribution in [0.4, 0.5) is 4.39 Å². The second-order valence-corrected chi connectivity index (χ2v) is 10.3. The number of halogens is 4. The molecule has 0 bridgehead atoms. The minimum Gasteiger partial charge on any atom is -0.355 e. The number of rotatable bonds is 11. The third-order valence-corrected chi connectivity index (χ3v) is 7.53. The first-order chi connectivity index (χ1) is 17.3. The second-order valence-electron chi connectivity index (χ2n) is 8.06. The number of thioether (sulfide) groups is 1. The number of carbonyl (C=O) groups excluding carboxylic acids is 2. The Morgan fingerprint density at radius 2 is 1.69 bits per heavy atom. The minimum absolute atomic E-state index is 0.0384. The van der Waals surface area contributed by atoms with E-state index in [0.29, 0.717) is 33.6 Å². The number of carbonyl (C=O) groups is 2. The standard InChI is InChI=1S/C27H26Cl3FN2O2S/c1-2-32-27(35)25(14-18-7-4-3-5-8-18)33(15-19-11-12-22(29)23(30)13-19)26(34)17-36-16-20-21(28)9-6-10-24(20)31/h3-13,25H,2,14-17H2,1H3,(H,32,35)/t25-/m1/s1. The zero-order valence-corrected chi connectivity index (χ0v) is 22.7. The molecule has 36 heavy (non-hydrogen) atoms. The molecule has 3 aromatic rings. The van der Waals surface area contributed by atoms with Gasteiger partial charge in [-0.1, -0.05) is 77.3 Å². The molecule has 9 heteroatoms. The van der Waals surface area contributed by atoms with E-state index in [0.717, 1.165) is 11.1 Å². The number of likely N-dealkylation sites (N-methyl/N-ethyl adjacent to an activating group) is 1. The first-order valence-electron chi connectivity index (χ1n) is 11.4. The van der Waals surface area contributed by atoms with Gasteiger partial charge in [-0.05, 0) is 42.3 Å². The number of amides is 2. The van der Waals surface area contributed by atoms with E-state index >= 15 is 0 Å². The van der Waals surface area contributed by atoms with E-state index < -0.39 is 11.9 Å². The van der Waals surface area contributed by atoms with Crippen LogP contribution in [0.3, 0.4) is 0 Å². The molecule has 0 aliphatic heterocycles. The van der Waals surface area contributed by atoms with Crippen LogP contribution < -0.4 is 5.32 Å². The summed E-state index contributed by atoms with van der Waals surface area (Å²) in [5, 5.41) is 3.93. The monoisotopic (exact) mass is 566 g/mol. The van der Waals surface area contributed by atoms with Crippen LogP contribution in [-0.2, 0) is 28.3 Å². The number of hydrogen-bond donors (Lipinski definition) is 1. The van der Waals surface area contributed by atoms with Gasteiger partial charge in [-0.3, -0.25) is 9.59 Å². The van der Waals surface area contributed by atoms with E-state index in [9.17, 15) is 14.0 Å². The van der Waals surface area contributed by atoms with Gasteiger partial charge < -0.3 is 10.2 Å². The summed E-state index contributed by atoms with van der Waals surface area (Å²) in [5.41, 5.74) is 2.01. The topological polar surface area (TPSA) is 49.4 Å². The molecular formula is C27H26Cl3FN2O2S. The summed E-state index contributed by atoms with van der Waals surface area (Å²) in [6, 6.07) is 18.4. The Bertz CT molecular complexity index is 1180. The average Bonchev–Trinajstić information content (AvgIpc) is 2.86. The summed E-state index contributed by atoms with van der Waals surface area (Å²) in [6.45, 7) is 2.42. The van der Waals surface area contributed by atoms with Crippen LogP contribution in [0.5, 0.6) is 0 Å². The highest BCUT2D eigenvalue weighted by molar-refractivity contribution is 7.99. The van der Waals surface area contributed by atoms with E-state index in [1.807, 2.05) is 37.3 Å². The van der Waals surface area contributed by atoms with Crippen molar-refractivity contribution in [3.05, 3.63) is 104 Å². The van der Waals surface area contributed by atoms with E-state index in [1.165, 1.54) is 23.9 Å². The predicted octanol–water partition coefficient (Wildman–Crippen LogP) is 6.80. The van der Waals surface area contributed by atoms with Gasteiger partial charge in [0.2, 0.25) is 11.8 Å². The molecule has 0 spiro atoms. The fourth-order valence-electron chi connectivity index (χ4n) is 3.67. The third-order valence-electron chi connectivity index (χ3n) is 5.49. The van der Waals surface area contributed by atoms with Gasteiger partial charge in [-0.25, -0.2) is 4.39 Å². The van der Waals surface area contributed by atoms with Crippen LogP contribution in [0.25, 0.3) is 0 Å². The van der Waals surface area contributed by atoms with Crippen molar-refractivity contribution in [3.8, 4) is 0 Å². The van der Waals surface area contributed by atoms with Crippen molar-refractivity contribution in [2.75, 3.05) is 12.3 Å². The second kappa shape index (κ2) is 13.9. The zero-order chi connectivity index (χ0) is 26.1. The van der Waals surface area contributed by atoms with Crippen LogP contribution >= 0.6 is 46.6 Å². The molecule has 4 nitrogen and oxygen atoms in total. The lowest BCUT2D eigenvalue weighted by Crippen LogP contribution is -2.51. The van der Waals surface area contributed by atoms with E-state index in [1.54, 1.807) is 29.2 Å². The highest BCUT2D eigenvalue weighted by Crippen LogP contribution is 2.26. The summed E-state index contributed by atoms with van der Waals surface area (Å²) in [7, 11) is 0. The van der Waals surface area contributed by atoms with E-state index in [-0.39, 0.29) is 29.9 Å². The predicted molar refractivity (Wildman–Crippen MR) is 147 cm³/mol. The maximum atomic E-state index is 14.2. The van der Waals surface area contributed by atoms with E-state index in [2.05, 4.69) is 5.32 Å². The fourth-order valence-corrected chi connectivity index (χ4v) is 5.24. The van der Waals surface area contributed by atoms with Crippen LogP contribution in [-0.4, -0.2) is 35.1 Å². The molecule has 0 heterocycles. The average molecular weight is 568 g/mol. The first kappa shape index (κ1) is 28.3. The van der Waals surface area contributed by atoms with Gasteiger partial charge in [0.15, 0.2) is 0 Å². The van der Waals surface area contributed by atoms with Crippen LogP contribution in [0.2, 0.25) is 15.1 Å². The SMILES string of the molecule is CCNC(=O)[C@@H](Cc1ccccc1)N(Cc1ccc(Cl)c(Cl)c1)C(=O)CSCc1c(F)cccc1Cl. The molecule has 0 aliphatic carbocycles. The highest BCUT2D eigenvalue weighted by atomic mass is 35.5. The van der Waals surface area contributed by atoms with Gasteiger partial charge in [-0.2, -0.15) is 0 Å². The normalized spacial score (nSPS) is 11.7. The van der Waals surface area contributed by atoms with Crippen LogP contribution in [0, 0.1) is 5.82 Å². The Balaban J connectivity index is 1.87. The third kappa shape index (κ3) is 7.87. The van der Waals surface area contributed by atoms with Crippen LogP contribution in [0.1, 0.15) is 23.6 Å². The molecule has 190 valence electrons. The zero-order valence-electron chi connectivity index (χ0n) is 19.6. The molecule has 0 unspecified atom stereocenters. The number of hydrogen-bond acceptors (Lipinski definition) is 3. The Kier molecular flexibility index (Phi) is 10.9. The lowest BCUT2D eigenvalue weighted by Gasteiger charge is -2.31. The Hall–Kier alpha value is -2.25. The van der Waals surface area contributed by atoms with Crippen molar-refractivity contribution in [1.29, 1.82) is 0 Å². The summed E-state index contributed by atoms with van der Waals surface area (Å²) in [6.07, 6.45) is 0.337. The fraction of sp³-hybridized carbons (Fsp3) is 0.259. The summed E-state index contributed by atoms with van der Waals surface area (Å²) >= 11 is 19.7. The molecule has 0 aliphatic rings. The van der Waals surface area contributed by atoms with Gasteiger partial charge in [0, 0.05) is 35.8 Å². The van der Waals surface area contributed by atoms with Crippen molar-refractivity contribution < 1.29 is 14.0 Å². The smallest absolute Gasteiger partial charge is 0.243 e. The highest BCUT2D eigenvalue weighted by Gasteiger charge is 2.30. The van der Waals surface area contributed by atoms with Crippen molar-refractivity contribution in [2.45, 2.75) is 31.7 Å². The molecule has 1 N–H and O–H groups in total. The molecular weight excluding hydrogens is 542 g/mol. The molecule has 3 aromatic carbocycles. The Labute approximate surface area is 230 Å². The number of nitrogens with zero attached hydrogens (tertiary/aromatic N) is 1. The first-order valence-corrected chi connectivity index (χ1v) is 13.6. The summed E-state index contributed by atoms with van der Waals surface area (Å²) < 4.78 is 14.2. The van der Waals surface area contributed by atoms with Crippen LogP contribution in [0.15, 0.2) is 66.7 Å². The van der Waals surface area contributed by atoms with Crippen molar-refractivity contribution in [1.82, 2.24) is 10.2 Å². The summed E-state index contributed by atoms with van der Waals surface area (Å²) in [5.74, 6) is -0.666. The maximum absolute atomic E-state index is 14.2. The lowest BCUT2D eigenvalue weighted by atomic mass is 10.0. The van der Waals surface area contributed by atoms with Crippen molar-refractivity contribution >= 4 is 58.4 Å². The van der Waals surface area contributed by atoms with Crippen molar-refractivity contribution in [2.24, 2.45) is 0 Å². The van der Waals surface area contributed by atoms with Gasteiger partial charge in [0.25, 0.3) is 0 Å². The molecule has 0 aromatic heterocycles. The van der Waals surface area contributed by atoms with E-state index in [4.69, 9.17) is 34.8 Å². The molecule has 0 fully saturated rings. The number of nitrogens with one attached hydrogen (secondary N) is 1. The molecule has 0 saturated carbocycles. The lowest BCUT2D eigenvalue weighted by molar-refractivity contribution is -0.139. The molecule has 0 saturated heterocycles. The van der Waals surface area contributed by atoms with Gasteiger partial charge >= 0.3 is 0 Å². The molecule has 3 rings (SSSR count). The molecule has 2 amide bonds. The molecule has 1 atom stereocenters. The minimum atomic E-state index is -0.757. The quantitative estimate of drug-likeness (QED) is 0.277. The summed E-state index contributed by atoms with van der Waals surface area (Å²) in [4.78, 5) is 28.3. The Morgan fingerprint density at radius 3 is 2.36 bits per heavy atom. The molecule has 0 radical (unpaired) electrons.